The Bertz CT molecular complexity index is 747. The van der Waals surface area contributed by atoms with Crippen LogP contribution in [0.1, 0.15) is 41.6 Å². The van der Waals surface area contributed by atoms with E-state index in [-0.39, 0.29) is 11.9 Å². The first-order chi connectivity index (χ1) is 11.7. The Hall–Kier alpha value is -2.88. The van der Waals surface area contributed by atoms with Gasteiger partial charge in [0.25, 0.3) is 0 Å². The summed E-state index contributed by atoms with van der Waals surface area (Å²) in [6.07, 6.45) is 1.86. The summed E-state index contributed by atoms with van der Waals surface area (Å²) in [6.45, 7) is 3.53. The molecule has 1 aromatic carbocycles. The van der Waals surface area contributed by atoms with E-state index in [1.54, 1.807) is 24.0 Å². The molecule has 0 aliphatic carbocycles. The zero-order chi connectivity index (χ0) is 16.9. The fourth-order valence-corrected chi connectivity index (χ4v) is 2.83. The number of carbonyl (C=O) groups is 1. The van der Waals surface area contributed by atoms with Gasteiger partial charge in [-0.1, -0.05) is 17.3 Å². The molecule has 0 radical (unpaired) electrons. The smallest absolute Gasteiger partial charge is 0.317 e. The molecule has 0 spiro atoms. The van der Waals surface area contributed by atoms with Crippen LogP contribution in [0.25, 0.3) is 0 Å². The third-order valence-electron chi connectivity index (χ3n) is 4.13. The first-order valence-corrected chi connectivity index (χ1v) is 7.97. The fourth-order valence-electron chi connectivity index (χ4n) is 2.83. The number of benzene rings is 1. The number of nitrogens with zero attached hydrogens (tertiary/aromatic N) is 4. The van der Waals surface area contributed by atoms with Crippen LogP contribution in [0.2, 0.25) is 0 Å². The molecule has 0 saturated carbocycles. The molecule has 2 aromatic rings. The number of amides is 2. The number of rotatable bonds is 3. The summed E-state index contributed by atoms with van der Waals surface area (Å²) in [5.74, 6) is 1.32. The van der Waals surface area contributed by atoms with Crippen molar-refractivity contribution in [1.29, 1.82) is 5.26 Å². The van der Waals surface area contributed by atoms with Crippen molar-refractivity contribution in [2.75, 3.05) is 13.1 Å². The molecule has 7 heteroatoms. The molecule has 1 N–H and O–H groups in total. The number of piperidine rings is 1. The van der Waals surface area contributed by atoms with Crippen LogP contribution in [0.3, 0.4) is 0 Å². The van der Waals surface area contributed by atoms with Crippen LogP contribution in [0.4, 0.5) is 4.79 Å². The summed E-state index contributed by atoms with van der Waals surface area (Å²) in [5, 5.41) is 15.5. The first kappa shape index (κ1) is 16.0. The zero-order valence-corrected chi connectivity index (χ0v) is 13.5. The number of urea groups is 1. The van der Waals surface area contributed by atoms with Gasteiger partial charge in [-0.25, -0.2) is 4.79 Å². The molecular weight excluding hydrogens is 306 g/mol. The Morgan fingerprint density at radius 3 is 2.92 bits per heavy atom. The van der Waals surface area contributed by atoms with Gasteiger partial charge in [-0.05, 0) is 37.5 Å². The van der Waals surface area contributed by atoms with Gasteiger partial charge in [-0.3, -0.25) is 0 Å². The maximum absolute atomic E-state index is 12.4. The number of aryl methyl sites for hydroxylation is 1. The number of hydrogen-bond donors (Lipinski definition) is 1. The number of carbonyl (C=O) groups excluding carboxylic acids is 1. The second-order valence-corrected chi connectivity index (χ2v) is 5.93. The highest BCUT2D eigenvalue weighted by Crippen LogP contribution is 2.25. The normalized spacial score (nSPS) is 17.3. The molecule has 1 atom stereocenters. The van der Waals surface area contributed by atoms with Gasteiger partial charge < -0.3 is 14.7 Å². The molecule has 7 nitrogen and oxygen atoms in total. The van der Waals surface area contributed by atoms with E-state index in [0.29, 0.717) is 30.4 Å². The van der Waals surface area contributed by atoms with Gasteiger partial charge in [0.2, 0.25) is 5.89 Å². The van der Waals surface area contributed by atoms with Crippen molar-refractivity contribution < 1.29 is 9.32 Å². The van der Waals surface area contributed by atoms with Crippen LogP contribution in [0.5, 0.6) is 0 Å². The van der Waals surface area contributed by atoms with Crippen LogP contribution < -0.4 is 5.32 Å². The lowest BCUT2D eigenvalue weighted by molar-refractivity contribution is 0.171. The highest BCUT2D eigenvalue weighted by Gasteiger charge is 2.28. The summed E-state index contributed by atoms with van der Waals surface area (Å²) in [5.41, 5.74) is 1.57. The minimum absolute atomic E-state index is 0.0969. The topological polar surface area (TPSA) is 95.0 Å². The predicted molar refractivity (Wildman–Crippen MR) is 86.0 cm³/mol. The van der Waals surface area contributed by atoms with E-state index in [9.17, 15) is 4.79 Å². The van der Waals surface area contributed by atoms with Crippen molar-refractivity contribution in [2.24, 2.45) is 0 Å². The second kappa shape index (κ2) is 7.13. The molecule has 1 aliphatic rings. The molecule has 0 unspecified atom stereocenters. The summed E-state index contributed by atoms with van der Waals surface area (Å²) in [6, 6.07) is 9.17. The quantitative estimate of drug-likeness (QED) is 0.934. The lowest BCUT2D eigenvalue weighted by atomic mass is 9.98. The van der Waals surface area contributed by atoms with Crippen molar-refractivity contribution in [3.63, 3.8) is 0 Å². The third kappa shape index (κ3) is 3.71. The van der Waals surface area contributed by atoms with Gasteiger partial charge >= 0.3 is 6.03 Å². The molecule has 3 rings (SSSR count). The molecule has 1 aromatic heterocycles. The number of nitrogens with one attached hydrogen (secondary N) is 1. The summed E-state index contributed by atoms with van der Waals surface area (Å²) >= 11 is 0. The van der Waals surface area contributed by atoms with Crippen molar-refractivity contribution in [1.82, 2.24) is 20.4 Å². The third-order valence-corrected chi connectivity index (χ3v) is 4.13. The van der Waals surface area contributed by atoms with Gasteiger partial charge in [0.1, 0.15) is 0 Å². The maximum Gasteiger partial charge on any atom is 0.317 e. The highest BCUT2D eigenvalue weighted by molar-refractivity contribution is 5.74. The summed E-state index contributed by atoms with van der Waals surface area (Å²) in [4.78, 5) is 18.4. The van der Waals surface area contributed by atoms with Gasteiger partial charge in [0.05, 0.1) is 17.6 Å². The minimum Gasteiger partial charge on any atom is -0.339 e. The van der Waals surface area contributed by atoms with Gasteiger partial charge in [0.15, 0.2) is 5.82 Å². The van der Waals surface area contributed by atoms with E-state index >= 15 is 0 Å². The van der Waals surface area contributed by atoms with E-state index < -0.39 is 0 Å². The van der Waals surface area contributed by atoms with Gasteiger partial charge in [0, 0.05) is 19.6 Å². The Morgan fingerprint density at radius 2 is 2.25 bits per heavy atom. The van der Waals surface area contributed by atoms with Crippen LogP contribution in [-0.2, 0) is 6.54 Å². The van der Waals surface area contributed by atoms with E-state index in [4.69, 9.17) is 9.78 Å². The maximum atomic E-state index is 12.4. The lowest BCUT2D eigenvalue weighted by Crippen LogP contribution is -2.44. The van der Waals surface area contributed by atoms with Crippen LogP contribution in [-0.4, -0.2) is 34.2 Å². The Balaban J connectivity index is 1.55. The lowest BCUT2D eigenvalue weighted by Gasteiger charge is -2.31. The number of hydrogen-bond acceptors (Lipinski definition) is 5. The molecule has 1 fully saturated rings. The first-order valence-electron chi connectivity index (χ1n) is 7.97. The van der Waals surface area contributed by atoms with Crippen molar-refractivity contribution in [3.05, 3.63) is 47.1 Å². The average molecular weight is 325 g/mol. The molecule has 24 heavy (non-hydrogen) atoms. The standard InChI is InChI=1S/C17H19N5O2/c1-12-20-16(24-21-12)15-3-2-8-22(11-15)17(23)19-10-14-6-4-13(9-18)5-7-14/h4-7,15H,2-3,8,10-11H2,1H3,(H,19,23)/t15-/m0/s1. The monoisotopic (exact) mass is 325 g/mol. The number of likely N-dealkylation sites (tertiary alicyclic amines) is 1. The summed E-state index contributed by atoms with van der Waals surface area (Å²) < 4.78 is 5.24. The zero-order valence-electron chi connectivity index (χ0n) is 13.5. The molecule has 2 amide bonds. The van der Waals surface area contributed by atoms with E-state index in [2.05, 4.69) is 21.5 Å². The largest absolute Gasteiger partial charge is 0.339 e. The minimum atomic E-state index is -0.0969. The molecular formula is C17H19N5O2. The summed E-state index contributed by atoms with van der Waals surface area (Å²) in [7, 11) is 0. The predicted octanol–water partition coefficient (Wildman–Crippen LogP) is 2.34. The highest BCUT2D eigenvalue weighted by atomic mass is 16.5. The van der Waals surface area contributed by atoms with Crippen molar-refractivity contribution in [3.8, 4) is 6.07 Å². The Kier molecular flexibility index (Phi) is 4.75. The van der Waals surface area contributed by atoms with Crippen LogP contribution in [0.15, 0.2) is 28.8 Å². The Labute approximate surface area is 140 Å². The van der Waals surface area contributed by atoms with Crippen molar-refractivity contribution >= 4 is 6.03 Å². The average Bonchev–Trinajstić information content (AvgIpc) is 3.06. The van der Waals surface area contributed by atoms with E-state index in [1.807, 2.05) is 12.1 Å². The van der Waals surface area contributed by atoms with E-state index in [1.165, 1.54) is 0 Å². The number of aromatic nitrogens is 2. The van der Waals surface area contributed by atoms with Crippen molar-refractivity contribution in [2.45, 2.75) is 32.2 Å². The Morgan fingerprint density at radius 1 is 1.46 bits per heavy atom. The van der Waals surface area contributed by atoms with Gasteiger partial charge in [-0.15, -0.1) is 0 Å². The van der Waals surface area contributed by atoms with Gasteiger partial charge in [-0.2, -0.15) is 10.2 Å². The molecule has 124 valence electrons. The fraction of sp³-hybridized carbons (Fsp3) is 0.412. The van der Waals surface area contributed by atoms with E-state index in [0.717, 1.165) is 24.9 Å². The molecule has 1 saturated heterocycles. The van der Waals surface area contributed by atoms with Crippen LogP contribution >= 0.6 is 0 Å². The SMILES string of the molecule is Cc1noc([C@H]2CCCN(C(=O)NCc3ccc(C#N)cc3)C2)n1. The molecule has 1 aliphatic heterocycles. The molecule has 2 heterocycles. The number of nitriles is 1. The van der Waals surface area contributed by atoms with Crippen LogP contribution in [0, 0.1) is 18.3 Å². The second-order valence-electron chi connectivity index (χ2n) is 5.93. The molecule has 0 bridgehead atoms.